The first kappa shape index (κ1) is 13.1. The number of nitrogens with one attached hydrogen (secondary N) is 1. The largest absolute Gasteiger partial charge is 0.309 e. The Labute approximate surface area is 102 Å². The molecule has 1 N–H and O–H groups in total. The lowest BCUT2D eigenvalue weighted by Crippen LogP contribution is -2.22. The van der Waals surface area contributed by atoms with Gasteiger partial charge in [-0.25, -0.2) is 0 Å². The topological polar surface area (TPSA) is 12.0 Å². The molecule has 1 nitrogen and oxygen atoms in total. The van der Waals surface area contributed by atoms with Gasteiger partial charge in [0.05, 0.1) is 0 Å². The summed E-state index contributed by atoms with van der Waals surface area (Å²) in [5.41, 5.74) is 1.44. The molecule has 0 saturated heterocycles. The highest BCUT2D eigenvalue weighted by atomic mass is 32.2. The number of thioether (sulfide) groups is 1. The van der Waals surface area contributed by atoms with Crippen LogP contribution in [0.15, 0.2) is 16.8 Å². The smallest absolute Gasteiger partial charge is 0.0420 e. The maximum atomic E-state index is 3.54. The average Bonchev–Trinajstić information content (AvgIpc) is 2.68. The molecular formula is C12H21NS2. The van der Waals surface area contributed by atoms with Crippen LogP contribution in [-0.2, 0) is 0 Å². The molecule has 1 rings (SSSR count). The molecule has 0 saturated carbocycles. The molecule has 1 aromatic rings. The number of thiophene rings is 1. The SMILES string of the molecule is CCNC(CSCC(C)C)c1ccsc1. The van der Waals surface area contributed by atoms with Gasteiger partial charge in [-0.15, -0.1) is 0 Å². The van der Waals surface area contributed by atoms with Gasteiger partial charge in [-0.2, -0.15) is 23.1 Å². The van der Waals surface area contributed by atoms with E-state index < -0.39 is 0 Å². The number of hydrogen-bond donors (Lipinski definition) is 1. The van der Waals surface area contributed by atoms with Gasteiger partial charge in [-0.3, -0.25) is 0 Å². The standard InChI is InChI=1S/C12H21NS2/c1-4-13-12(9-15-7-10(2)3)11-5-6-14-8-11/h5-6,8,10,12-13H,4,7,9H2,1-3H3. The van der Waals surface area contributed by atoms with Gasteiger partial charge in [0.25, 0.3) is 0 Å². The highest BCUT2D eigenvalue weighted by molar-refractivity contribution is 7.99. The lowest BCUT2D eigenvalue weighted by atomic mass is 10.2. The van der Waals surface area contributed by atoms with Gasteiger partial charge in [0.1, 0.15) is 0 Å². The zero-order valence-electron chi connectivity index (χ0n) is 9.82. The zero-order chi connectivity index (χ0) is 11.1. The van der Waals surface area contributed by atoms with Crippen molar-refractivity contribution >= 4 is 23.1 Å². The molecule has 15 heavy (non-hydrogen) atoms. The second-order valence-electron chi connectivity index (χ2n) is 4.10. The molecular weight excluding hydrogens is 222 g/mol. The Morgan fingerprint density at radius 3 is 2.73 bits per heavy atom. The second kappa shape index (κ2) is 7.31. The van der Waals surface area contributed by atoms with Crippen LogP contribution in [-0.4, -0.2) is 18.1 Å². The number of hydrogen-bond acceptors (Lipinski definition) is 3. The monoisotopic (exact) mass is 243 g/mol. The van der Waals surface area contributed by atoms with Crippen LogP contribution in [0.5, 0.6) is 0 Å². The van der Waals surface area contributed by atoms with Crippen molar-refractivity contribution < 1.29 is 0 Å². The van der Waals surface area contributed by atoms with Crippen LogP contribution in [0.1, 0.15) is 32.4 Å². The van der Waals surface area contributed by atoms with Crippen molar-refractivity contribution in [3.8, 4) is 0 Å². The van der Waals surface area contributed by atoms with Crippen molar-refractivity contribution in [1.82, 2.24) is 5.32 Å². The summed E-state index contributed by atoms with van der Waals surface area (Å²) in [5, 5.41) is 7.96. The lowest BCUT2D eigenvalue weighted by molar-refractivity contribution is 0.606. The van der Waals surface area contributed by atoms with Crippen molar-refractivity contribution in [2.24, 2.45) is 5.92 Å². The molecule has 0 aliphatic carbocycles. The van der Waals surface area contributed by atoms with Gasteiger partial charge in [-0.05, 0) is 40.6 Å². The quantitative estimate of drug-likeness (QED) is 0.782. The van der Waals surface area contributed by atoms with Gasteiger partial charge in [0.2, 0.25) is 0 Å². The van der Waals surface area contributed by atoms with Crippen molar-refractivity contribution in [2.75, 3.05) is 18.1 Å². The molecule has 0 aliphatic heterocycles. The van der Waals surface area contributed by atoms with Crippen molar-refractivity contribution in [2.45, 2.75) is 26.8 Å². The minimum absolute atomic E-state index is 0.532. The molecule has 1 aromatic heterocycles. The third kappa shape index (κ3) is 5.05. The molecule has 0 amide bonds. The molecule has 1 heterocycles. The third-order valence-electron chi connectivity index (χ3n) is 2.13. The summed E-state index contributed by atoms with van der Waals surface area (Å²) in [6.45, 7) is 7.77. The minimum atomic E-state index is 0.532. The van der Waals surface area contributed by atoms with Gasteiger partial charge in [-0.1, -0.05) is 20.8 Å². The highest BCUT2D eigenvalue weighted by Gasteiger charge is 2.10. The van der Waals surface area contributed by atoms with E-state index in [0.29, 0.717) is 6.04 Å². The number of rotatable bonds is 7. The first-order valence-electron chi connectivity index (χ1n) is 5.57. The van der Waals surface area contributed by atoms with Gasteiger partial charge < -0.3 is 5.32 Å². The van der Waals surface area contributed by atoms with Crippen LogP contribution in [0.25, 0.3) is 0 Å². The van der Waals surface area contributed by atoms with E-state index in [2.05, 4.69) is 42.9 Å². The van der Waals surface area contributed by atoms with E-state index >= 15 is 0 Å². The summed E-state index contributed by atoms with van der Waals surface area (Å²) in [7, 11) is 0. The van der Waals surface area contributed by atoms with Gasteiger partial charge in [0.15, 0.2) is 0 Å². The fourth-order valence-electron chi connectivity index (χ4n) is 1.41. The molecule has 0 aromatic carbocycles. The molecule has 86 valence electrons. The van der Waals surface area contributed by atoms with Crippen molar-refractivity contribution in [3.63, 3.8) is 0 Å². The third-order valence-corrected chi connectivity index (χ3v) is 4.30. The van der Waals surface area contributed by atoms with Gasteiger partial charge >= 0.3 is 0 Å². The normalized spacial score (nSPS) is 13.3. The van der Waals surface area contributed by atoms with Gasteiger partial charge in [0, 0.05) is 11.8 Å². The zero-order valence-corrected chi connectivity index (χ0v) is 11.5. The molecule has 0 bridgehead atoms. The van der Waals surface area contributed by atoms with Crippen molar-refractivity contribution in [3.05, 3.63) is 22.4 Å². The molecule has 3 heteroatoms. The van der Waals surface area contributed by atoms with Crippen molar-refractivity contribution in [1.29, 1.82) is 0 Å². The Morgan fingerprint density at radius 2 is 2.20 bits per heavy atom. The van der Waals surface area contributed by atoms with Crippen LogP contribution in [0, 0.1) is 5.92 Å². The van der Waals surface area contributed by atoms with E-state index in [4.69, 9.17) is 0 Å². The average molecular weight is 243 g/mol. The maximum absolute atomic E-state index is 3.54. The first-order valence-corrected chi connectivity index (χ1v) is 7.67. The van der Waals surface area contributed by atoms with E-state index in [9.17, 15) is 0 Å². The van der Waals surface area contributed by atoms with E-state index in [1.54, 1.807) is 11.3 Å². The molecule has 0 aliphatic rings. The van der Waals surface area contributed by atoms with E-state index in [-0.39, 0.29) is 0 Å². The summed E-state index contributed by atoms with van der Waals surface area (Å²) in [6.07, 6.45) is 0. The molecule has 0 fully saturated rings. The predicted octanol–water partition coefficient (Wildman–Crippen LogP) is 3.79. The fourth-order valence-corrected chi connectivity index (χ4v) is 3.28. The van der Waals surface area contributed by atoms with Crippen LogP contribution < -0.4 is 5.32 Å². The Bertz CT molecular complexity index is 244. The highest BCUT2D eigenvalue weighted by Crippen LogP contribution is 2.21. The fraction of sp³-hybridized carbons (Fsp3) is 0.667. The molecule has 1 unspecified atom stereocenters. The van der Waals surface area contributed by atoms with E-state index in [0.717, 1.165) is 12.5 Å². The lowest BCUT2D eigenvalue weighted by Gasteiger charge is -2.17. The van der Waals surface area contributed by atoms with E-state index in [1.165, 1.54) is 17.1 Å². The summed E-state index contributed by atoms with van der Waals surface area (Å²) in [6, 6.07) is 2.76. The second-order valence-corrected chi connectivity index (χ2v) is 5.95. The maximum Gasteiger partial charge on any atom is 0.0420 e. The van der Waals surface area contributed by atoms with E-state index in [1.807, 2.05) is 11.8 Å². The summed E-state index contributed by atoms with van der Waals surface area (Å²) >= 11 is 3.83. The first-order chi connectivity index (χ1) is 7.24. The Hall–Kier alpha value is 0.01000. The Morgan fingerprint density at radius 1 is 1.40 bits per heavy atom. The molecule has 0 spiro atoms. The summed E-state index contributed by atoms with van der Waals surface area (Å²) in [5.74, 6) is 3.23. The molecule has 1 atom stereocenters. The minimum Gasteiger partial charge on any atom is -0.309 e. The van der Waals surface area contributed by atoms with Crippen LogP contribution >= 0.6 is 23.1 Å². The van der Waals surface area contributed by atoms with Crippen LogP contribution in [0.2, 0.25) is 0 Å². The summed E-state index contributed by atoms with van der Waals surface area (Å²) in [4.78, 5) is 0. The van der Waals surface area contributed by atoms with Crippen LogP contribution in [0.4, 0.5) is 0 Å². The molecule has 0 radical (unpaired) electrons. The van der Waals surface area contributed by atoms with Crippen LogP contribution in [0.3, 0.4) is 0 Å². The Kier molecular flexibility index (Phi) is 6.37. The summed E-state index contributed by atoms with van der Waals surface area (Å²) < 4.78 is 0. The predicted molar refractivity (Wildman–Crippen MR) is 72.9 cm³/mol. The Balaban J connectivity index is 2.38.